The van der Waals surface area contributed by atoms with Crippen LogP contribution in [0.2, 0.25) is 0 Å². The van der Waals surface area contributed by atoms with Crippen molar-refractivity contribution in [3.05, 3.63) is 36.1 Å². The number of halogens is 1. The van der Waals surface area contributed by atoms with E-state index in [9.17, 15) is 4.39 Å². The standard InChI is InChI=1S/C8H9FO/c9-7-10-8-5-3-1-2-4-6-8/h1,3-6H,2,7H2. The second-order valence-electron chi connectivity index (χ2n) is 1.89. The summed E-state index contributed by atoms with van der Waals surface area (Å²) < 4.78 is 16.2. The Bertz CT molecular complexity index is 180. The quantitative estimate of drug-likeness (QED) is 0.572. The molecule has 0 bridgehead atoms. The van der Waals surface area contributed by atoms with Gasteiger partial charge in [-0.25, -0.2) is 4.39 Å². The molecular weight excluding hydrogens is 131 g/mol. The van der Waals surface area contributed by atoms with Crippen molar-refractivity contribution in [2.24, 2.45) is 0 Å². The van der Waals surface area contributed by atoms with Gasteiger partial charge in [-0.05, 0) is 18.6 Å². The molecule has 0 unspecified atom stereocenters. The molecule has 0 saturated heterocycles. The van der Waals surface area contributed by atoms with Crippen molar-refractivity contribution in [1.29, 1.82) is 0 Å². The van der Waals surface area contributed by atoms with E-state index in [0.29, 0.717) is 5.76 Å². The van der Waals surface area contributed by atoms with E-state index in [2.05, 4.69) is 4.74 Å². The molecule has 0 radical (unpaired) electrons. The molecule has 0 aromatic rings. The molecule has 0 aromatic heterocycles. The summed E-state index contributed by atoms with van der Waals surface area (Å²) in [6, 6.07) is 0. The van der Waals surface area contributed by atoms with Crippen molar-refractivity contribution in [1.82, 2.24) is 0 Å². The van der Waals surface area contributed by atoms with Gasteiger partial charge in [0, 0.05) is 0 Å². The Labute approximate surface area is 59.5 Å². The number of rotatable bonds is 2. The summed E-state index contributed by atoms with van der Waals surface area (Å²) in [7, 11) is 0. The van der Waals surface area contributed by atoms with Gasteiger partial charge < -0.3 is 4.74 Å². The van der Waals surface area contributed by atoms with Gasteiger partial charge in [-0.2, -0.15) is 0 Å². The van der Waals surface area contributed by atoms with Gasteiger partial charge in [0.25, 0.3) is 0 Å². The average Bonchev–Trinajstić information content (AvgIpc) is 2.17. The highest BCUT2D eigenvalue weighted by atomic mass is 19.1. The molecule has 10 heavy (non-hydrogen) atoms. The number of hydrogen-bond donors (Lipinski definition) is 0. The monoisotopic (exact) mass is 140 g/mol. The Morgan fingerprint density at radius 2 is 2.40 bits per heavy atom. The van der Waals surface area contributed by atoms with Crippen LogP contribution in [0.5, 0.6) is 0 Å². The third kappa shape index (κ3) is 2.05. The Morgan fingerprint density at radius 3 is 3.20 bits per heavy atom. The smallest absolute Gasteiger partial charge is 0.228 e. The molecule has 0 aromatic carbocycles. The lowest BCUT2D eigenvalue weighted by Crippen LogP contribution is -1.84. The molecule has 0 aliphatic heterocycles. The lowest BCUT2D eigenvalue weighted by atomic mass is 10.4. The summed E-state index contributed by atoms with van der Waals surface area (Å²) in [5, 5.41) is 0. The first-order chi connectivity index (χ1) is 4.93. The van der Waals surface area contributed by atoms with Crippen molar-refractivity contribution in [2.45, 2.75) is 6.42 Å². The van der Waals surface area contributed by atoms with E-state index in [1.165, 1.54) is 0 Å². The molecule has 1 aliphatic carbocycles. The van der Waals surface area contributed by atoms with Crippen LogP contribution in [0.4, 0.5) is 4.39 Å². The van der Waals surface area contributed by atoms with Crippen LogP contribution in [-0.2, 0) is 4.74 Å². The zero-order valence-electron chi connectivity index (χ0n) is 5.59. The predicted octanol–water partition coefficient (Wildman–Crippen LogP) is 2.33. The molecule has 0 fully saturated rings. The zero-order chi connectivity index (χ0) is 7.23. The molecule has 0 N–H and O–H groups in total. The van der Waals surface area contributed by atoms with Gasteiger partial charge >= 0.3 is 0 Å². The topological polar surface area (TPSA) is 9.23 Å². The average molecular weight is 140 g/mol. The Hall–Kier alpha value is -1.05. The van der Waals surface area contributed by atoms with Crippen LogP contribution in [0, 0.1) is 0 Å². The van der Waals surface area contributed by atoms with E-state index in [-0.39, 0.29) is 0 Å². The highest BCUT2D eigenvalue weighted by Gasteiger charge is 1.90. The molecule has 0 amide bonds. The van der Waals surface area contributed by atoms with Gasteiger partial charge in [0.1, 0.15) is 5.76 Å². The van der Waals surface area contributed by atoms with Crippen molar-refractivity contribution in [3.63, 3.8) is 0 Å². The molecule has 1 nitrogen and oxygen atoms in total. The summed E-state index contributed by atoms with van der Waals surface area (Å²) in [5.41, 5.74) is 0. The SMILES string of the molecule is FCOC1=CC=CCC=C1. The maximum atomic E-state index is 11.6. The third-order valence-corrected chi connectivity index (χ3v) is 1.17. The lowest BCUT2D eigenvalue weighted by molar-refractivity contribution is 0.124. The van der Waals surface area contributed by atoms with Crippen molar-refractivity contribution in [2.75, 3.05) is 6.86 Å². The maximum absolute atomic E-state index is 11.6. The van der Waals surface area contributed by atoms with E-state index in [4.69, 9.17) is 0 Å². The molecule has 0 spiro atoms. The molecule has 54 valence electrons. The summed E-state index contributed by atoms with van der Waals surface area (Å²) in [5.74, 6) is 0.580. The Morgan fingerprint density at radius 1 is 1.50 bits per heavy atom. The lowest BCUT2D eigenvalue weighted by Gasteiger charge is -1.97. The third-order valence-electron chi connectivity index (χ3n) is 1.17. The first-order valence-corrected chi connectivity index (χ1v) is 3.15. The Balaban J connectivity index is 2.55. The number of alkyl halides is 1. The highest BCUT2D eigenvalue weighted by Crippen LogP contribution is 2.05. The fraction of sp³-hybridized carbons (Fsp3) is 0.250. The van der Waals surface area contributed by atoms with E-state index >= 15 is 0 Å². The maximum Gasteiger partial charge on any atom is 0.228 e. The van der Waals surface area contributed by atoms with Crippen LogP contribution in [0.25, 0.3) is 0 Å². The van der Waals surface area contributed by atoms with Crippen LogP contribution >= 0.6 is 0 Å². The van der Waals surface area contributed by atoms with Crippen LogP contribution < -0.4 is 0 Å². The van der Waals surface area contributed by atoms with Gasteiger partial charge in [0.05, 0.1) is 0 Å². The largest absolute Gasteiger partial charge is 0.463 e. The van der Waals surface area contributed by atoms with E-state index in [1.54, 1.807) is 12.2 Å². The van der Waals surface area contributed by atoms with Gasteiger partial charge in [0.2, 0.25) is 6.86 Å². The molecular formula is C8H9FO. The van der Waals surface area contributed by atoms with E-state index < -0.39 is 6.86 Å². The summed E-state index contributed by atoms with van der Waals surface area (Å²) in [6.45, 7) is -0.760. The first kappa shape index (κ1) is 7.06. The molecule has 1 aliphatic rings. The van der Waals surface area contributed by atoms with Gasteiger partial charge in [-0.1, -0.05) is 18.2 Å². The fourth-order valence-corrected chi connectivity index (χ4v) is 0.719. The summed E-state index contributed by atoms with van der Waals surface area (Å²) in [4.78, 5) is 0. The van der Waals surface area contributed by atoms with Crippen LogP contribution in [0.15, 0.2) is 36.1 Å². The second kappa shape index (κ2) is 3.88. The Kier molecular flexibility index (Phi) is 2.74. The van der Waals surface area contributed by atoms with Gasteiger partial charge in [-0.3, -0.25) is 0 Å². The van der Waals surface area contributed by atoms with Crippen LogP contribution in [0.3, 0.4) is 0 Å². The predicted molar refractivity (Wildman–Crippen MR) is 38.0 cm³/mol. The number of hydrogen-bond acceptors (Lipinski definition) is 1. The first-order valence-electron chi connectivity index (χ1n) is 3.15. The second-order valence-corrected chi connectivity index (χ2v) is 1.89. The van der Waals surface area contributed by atoms with Gasteiger partial charge in [0.15, 0.2) is 0 Å². The molecule has 0 atom stereocenters. The summed E-state index contributed by atoms with van der Waals surface area (Å²) >= 11 is 0. The minimum atomic E-state index is -0.760. The molecule has 0 heterocycles. The normalized spacial score (nSPS) is 16.3. The number of allylic oxidation sites excluding steroid dienone is 5. The van der Waals surface area contributed by atoms with Crippen molar-refractivity contribution >= 4 is 0 Å². The van der Waals surface area contributed by atoms with E-state index in [0.717, 1.165) is 6.42 Å². The van der Waals surface area contributed by atoms with Crippen LogP contribution in [-0.4, -0.2) is 6.86 Å². The fourth-order valence-electron chi connectivity index (χ4n) is 0.719. The van der Waals surface area contributed by atoms with E-state index in [1.807, 2.05) is 18.2 Å². The summed E-state index contributed by atoms with van der Waals surface area (Å²) in [6.07, 6.45) is 10.1. The highest BCUT2D eigenvalue weighted by molar-refractivity contribution is 5.22. The molecule has 2 heteroatoms. The van der Waals surface area contributed by atoms with Gasteiger partial charge in [-0.15, -0.1) is 0 Å². The minimum Gasteiger partial charge on any atom is -0.463 e. The minimum absolute atomic E-state index is 0.580. The van der Waals surface area contributed by atoms with Crippen LogP contribution in [0.1, 0.15) is 6.42 Å². The van der Waals surface area contributed by atoms with Crippen molar-refractivity contribution in [3.8, 4) is 0 Å². The molecule has 0 saturated carbocycles. The number of ether oxygens (including phenoxy) is 1. The molecule has 1 rings (SSSR count). The zero-order valence-corrected chi connectivity index (χ0v) is 5.59. The van der Waals surface area contributed by atoms with Crippen molar-refractivity contribution < 1.29 is 9.13 Å².